The number of aromatic nitrogens is 1. The van der Waals surface area contributed by atoms with Crippen molar-refractivity contribution in [2.24, 2.45) is 0 Å². The Morgan fingerprint density at radius 1 is 1.12 bits per heavy atom. The number of carbonyl (C=O) groups is 1. The lowest BCUT2D eigenvalue weighted by Gasteiger charge is -2.30. The summed E-state index contributed by atoms with van der Waals surface area (Å²) < 4.78 is 50.6. The maximum absolute atomic E-state index is 13.3. The molecular formula is C32H35N5O10S. The first kappa shape index (κ1) is 34.3. The van der Waals surface area contributed by atoms with Crippen LogP contribution in [0.2, 0.25) is 0 Å². The number of para-hydroxylation sites is 1. The van der Waals surface area contributed by atoms with Gasteiger partial charge in [0.1, 0.15) is 23.3 Å². The van der Waals surface area contributed by atoms with Crippen molar-refractivity contribution in [1.82, 2.24) is 14.6 Å². The second kappa shape index (κ2) is 15.7. The number of nitrogens with one attached hydrogen (secondary N) is 2. The van der Waals surface area contributed by atoms with Crippen molar-refractivity contribution < 1.29 is 41.9 Å². The van der Waals surface area contributed by atoms with Crippen LogP contribution in [-0.2, 0) is 24.3 Å². The largest absolute Gasteiger partial charge is 0.497 e. The number of carbonyl (C=O) groups excluding carboxylic acids is 1. The molecule has 0 saturated heterocycles. The highest BCUT2D eigenvalue weighted by molar-refractivity contribution is 7.89. The van der Waals surface area contributed by atoms with Crippen molar-refractivity contribution in [3.63, 3.8) is 0 Å². The molecule has 254 valence electrons. The Morgan fingerprint density at radius 3 is 2.62 bits per heavy atom. The lowest BCUT2D eigenvalue weighted by molar-refractivity contribution is -0.385. The van der Waals surface area contributed by atoms with Gasteiger partial charge in [-0.1, -0.05) is 18.2 Å². The monoisotopic (exact) mass is 681 g/mol. The molecule has 2 atom stereocenters. The summed E-state index contributed by atoms with van der Waals surface area (Å²) in [5, 5.41) is 27.1. The first-order valence-electron chi connectivity index (χ1n) is 15.0. The quantitative estimate of drug-likeness (QED) is 0.0887. The van der Waals surface area contributed by atoms with Gasteiger partial charge in [0.15, 0.2) is 5.76 Å². The van der Waals surface area contributed by atoms with Crippen LogP contribution in [0.1, 0.15) is 17.9 Å². The average molecular weight is 682 g/mol. The zero-order chi connectivity index (χ0) is 34.1. The van der Waals surface area contributed by atoms with Gasteiger partial charge in [0, 0.05) is 55.5 Å². The standard InChI is InChI=1S/C32H35N5O10S/c1-44-24-7-9-25(10-8-24)48(42,43)36(14-16-38)15-17-45-31-19-22(27-21-46-28-5-3-2-4-26(27)28)18-29(47-31)32(39)34-13-12-33-30-11-6-23(20-35-30)37(40)41/h2-11,18,20-22,31,38H,12-17,19H2,1H3,(H,33,35)(H,34,39). The summed E-state index contributed by atoms with van der Waals surface area (Å²) in [4.78, 5) is 27.5. The number of pyridine rings is 1. The van der Waals surface area contributed by atoms with Crippen LogP contribution in [0.5, 0.6) is 5.75 Å². The van der Waals surface area contributed by atoms with Crippen LogP contribution < -0.4 is 15.4 Å². The Hall–Kier alpha value is -5.03. The van der Waals surface area contributed by atoms with E-state index in [1.54, 1.807) is 12.3 Å². The number of furan rings is 1. The second-order valence-corrected chi connectivity index (χ2v) is 12.6. The fourth-order valence-corrected chi connectivity index (χ4v) is 6.53. The number of fused-ring (bicyclic) bond motifs is 1. The molecule has 2 unspecified atom stereocenters. The highest BCUT2D eigenvalue weighted by Crippen LogP contribution is 2.36. The van der Waals surface area contributed by atoms with Crippen LogP contribution in [0.15, 0.2) is 94.3 Å². The lowest BCUT2D eigenvalue weighted by Crippen LogP contribution is -2.38. The van der Waals surface area contributed by atoms with Crippen molar-refractivity contribution in [3.05, 3.63) is 101 Å². The zero-order valence-electron chi connectivity index (χ0n) is 26.0. The van der Waals surface area contributed by atoms with Crippen LogP contribution in [0.4, 0.5) is 11.5 Å². The maximum Gasteiger partial charge on any atom is 0.287 e. The van der Waals surface area contributed by atoms with Gasteiger partial charge in [-0.05, 0) is 42.5 Å². The van der Waals surface area contributed by atoms with E-state index in [4.69, 9.17) is 18.6 Å². The summed E-state index contributed by atoms with van der Waals surface area (Å²) in [5.41, 5.74) is 1.39. The highest BCUT2D eigenvalue weighted by Gasteiger charge is 2.31. The number of amides is 1. The molecule has 1 aliphatic rings. The molecule has 3 N–H and O–H groups in total. The number of hydrogen-bond acceptors (Lipinski definition) is 12. The molecule has 4 aromatic rings. The predicted octanol–water partition coefficient (Wildman–Crippen LogP) is 3.39. The number of ether oxygens (including phenoxy) is 3. The van der Waals surface area contributed by atoms with Crippen molar-refractivity contribution in [2.75, 3.05) is 51.8 Å². The number of sulfonamides is 1. The molecule has 16 heteroatoms. The second-order valence-electron chi connectivity index (χ2n) is 10.6. The van der Waals surface area contributed by atoms with Gasteiger partial charge in [-0.15, -0.1) is 0 Å². The van der Waals surface area contributed by atoms with Crippen molar-refractivity contribution >= 4 is 38.4 Å². The van der Waals surface area contributed by atoms with E-state index < -0.39 is 33.8 Å². The number of anilines is 1. The number of hydrogen-bond donors (Lipinski definition) is 3. The van der Waals surface area contributed by atoms with Crippen LogP contribution in [0, 0.1) is 10.1 Å². The van der Waals surface area contributed by atoms with Gasteiger partial charge in [0.25, 0.3) is 11.6 Å². The fraction of sp³-hybridized carbons (Fsp3) is 0.312. The fourth-order valence-electron chi connectivity index (χ4n) is 5.12. The van der Waals surface area contributed by atoms with Crippen LogP contribution in [-0.4, -0.2) is 86.4 Å². The Bertz CT molecular complexity index is 1850. The number of rotatable bonds is 16. The summed E-state index contributed by atoms with van der Waals surface area (Å²) in [5.74, 6) is 0.113. The number of aliphatic hydroxyl groups excluding tert-OH is 1. The molecule has 1 aliphatic heterocycles. The predicted molar refractivity (Wildman–Crippen MR) is 174 cm³/mol. The molecule has 0 spiro atoms. The van der Waals surface area contributed by atoms with E-state index in [0.29, 0.717) is 23.6 Å². The first-order chi connectivity index (χ1) is 23.2. The van der Waals surface area contributed by atoms with Gasteiger partial charge < -0.3 is 34.4 Å². The van der Waals surface area contributed by atoms with Crippen LogP contribution in [0.3, 0.4) is 0 Å². The Balaban J connectivity index is 1.25. The van der Waals surface area contributed by atoms with Gasteiger partial charge >= 0.3 is 0 Å². The van der Waals surface area contributed by atoms with Crippen LogP contribution in [0.25, 0.3) is 11.0 Å². The Kier molecular flexibility index (Phi) is 11.2. The third-order valence-corrected chi connectivity index (χ3v) is 9.47. The SMILES string of the molecule is COc1ccc(S(=O)(=O)N(CCO)CCOC2CC(c3coc4ccccc34)C=C(C(=O)NCCNc3ccc([N+](=O)[O-])cn3)O2)cc1. The molecule has 3 heterocycles. The van der Waals surface area contributed by atoms with E-state index in [1.807, 2.05) is 24.3 Å². The van der Waals surface area contributed by atoms with Crippen LogP contribution >= 0.6 is 0 Å². The molecule has 0 saturated carbocycles. The van der Waals surface area contributed by atoms with Gasteiger partial charge in [0.2, 0.25) is 16.3 Å². The van der Waals surface area contributed by atoms with Crippen molar-refractivity contribution in [1.29, 1.82) is 0 Å². The van der Waals surface area contributed by atoms with E-state index in [-0.39, 0.29) is 55.0 Å². The number of allylic oxidation sites excluding steroid dienone is 1. The lowest BCUT2D eigenvalue weighted by atomic mass is 9.92. The highest BCUT2D eigenvalue weighted by atomic mass is 32.2. The number of methoxy groups -OCH3 is 1. The number of nitro groups is 1. The van der Waals surface area contributed by atoms with Gasteiger partial charge in [-0.25, -0.2) is 13.4 Å². The molecule has 5 rings (SSSR count). The minimum absolute atomic E-state index is 0.0214. The van der Waals surface area contributed by atoms with Gasteiger partial charge in [-0.3, -0.25) is 14.9 Å². The average Bonchev–Trinajstić information content (AvgIpc) is 3.54. The molecule has 48 heavy (non-hydrogen) atoms. The molecule has 2 aromatic carbocycles. The first-order valence-corrected chi connectivity index (χ1v) is 16.5. The molecule has 15 nitrogen and oxygen atoms in total. The third-order valence-electron chi connectivity index (χ3n) is 7.56. The number of nitrogens with zero attached hydrogens (tertiary/aromatic N) is 3. The van der Waals surface area contributed by atoms with E-state index >= 15 is 0 Å². The summed E-state index contributed by atoms with van der Waals surface area (Å²) in [7, 11) is -2.47. The van der Waals surface area contributed by atoms with E-state index in [2.05, 4.69) is 15.6 Å². The molecule has 1 amide bonds. The minimum Gasteiger partial charge on any atom is -0.497 e. The molecule has 0 radical (unpaired) electrons. The number of benzene rings is 2. The topological polar surface area (TPSA) is 196 Å². The smallest absolute Gasteiger partial charge is 0.287 e. The summed E-state index contributed by atoms with van der Waals surface area (Å²) in [6.07, 6.45) is 3.88. The number of aliphatic hydroxyl groups is 1. The normalized spacial score (nSPS) is 16.3. The van der Waals surface area contributed by atoms with Gasteiger partial charge in [0.05, 0.1) is 36.4 Å². The maximum atomic E-state index is 13.3. The Morgan fingerprint density at radius 2 is 1.92 bits per heavy atom. The molecule has 0 aliphatic carbocycles. The molecular weight excluding hydrogens is 646 g/mol. The zero-order valence-corrected chi connectivity index (χ0v) is 26.8. The summed E-state index contributed by atoms with van der Waals surface area (Å²) in [6.45, 7) is -0.246. The van der Waals surface area contributed by atoms with E-state index in [0.717, 1.165) is 21.5 Å². The van der Waals surface area contributed by atoms with Crippen molar-refractivity contribution in [2.45, 2.75) is 23.5 Å². The third kappa shape index (κ3) is 8.27. The summed E-state index contributed by atoms with van der Waals surface area (Å²) in [6, 6.07) is 16.2. The van der Waals surface area contributed by atoms with E-state index in [1.165, 1.54) is 43.5 Å². The van der Waals surface area contributed by atoms with Gasteiger partial charge in [-0.2, -0.15) is 4.31 Å². The molecule has 0 bridgehead atoms. The molecule has 2 aromatic heterocycles. The minimum atomic E-state index is -3.96. The van der Waals surface area contributed by atoms with Crippen molar-refractivity contribution in [3.8, 4) is 5.75 Å². The molecule has 0 fully saturated rings. The Labute approximate surface area is 276 Å². The van der Waals surface area contributed by atoms with E-state index in [9.17, 15) is 28.4 Å². The summed E-state index contributed by atoms with van der Waals surface area (Å²) >= 11 is 0.